The summed E-state index contributed by atoms with van der Waals surface area (Å²) in [5.74, 6) is 0. The molecule has 0 amide bonds. The van der Waals surface area contributed by atoms with Gasteiger partial charge in [0.25, 0.3) is 0 Å². The zero-order valence-electron chi connectivity index (χ0n) is 27.3. The van der Waals surface area contributed by atoms with E-state index in [-0.39, 0.29) is 5.41 Å². The van der Waals surface area contributed by atoms with Gasteiger partial charge in [-0.3, -0.25) is 0 Å². The lowest BCUT2D eigenvalue weighted by atomic mass is 9.83. The second kappa shape index (κ2) is 12.7. The van der Waals surface area contributed by atoms with Crippen molar-refractivity contribution < 1.29 is 4.74 Å². The number of fused-ring (bicyclic) bond motifs is 3. The molecule has 234 valence electrons. The molecule has 0 fully saturated rings. The van der Waals surface area contributed by atoms with Crippen LogP contribution in [0.25, 0.3) is 11.1 Å². The summed E-state index contributed by atoms with van der Waals surface area (Å²) in [7, 11) is 0. The summed E-state index contributed by atoms with van der Waals surface area (Å²) in [5.41, 5.74) is 9.26. The highest BCUT2D eigenvalue weighted by atomic mass is 35.5. The molecule has 0 bridgehead atoms. The van der Waals surface area contributed by atoms with Crippen LogP contribution in [0.3, 0.4) is 0 Å². The number of aliphatic imine (C=N–C) groups is 1. The Morgan fingerprint density at radius 2 is 1.28 bits per heavy atom. The molecule has 5 heteroatoms. The van der Waals surface area contributed by atoms with E-state index < -0.39 is 11.7 Å². The summed E-state index contributed by atoms with van der Waals surface area (Å²) in [6.45, 7) is 13.5. The molecule has 1 aliphatic rings. The van der Waals surface area contributed by atoms with Crippen LogP contribution in [0.15, 0.2) is 126 Å². The molecule has 0 spiro atoms. The van der Waals surface area contributed by atoms with Gasteiger partial charge in [-0.05, 0) is 72.7 Å². The first-order valence-corrected chi connectivity index (χ1v) is 16.5. The number of hydrogen-bond donors (Lipinski definition) is 0. The summed E-state index contributed by atoms with van der Waals surface area (Å²) < 4.78 is 10.1. The largest absolute Gasteiger partial charge is 0.349 e. The van der Waals surface area contributed by atoms with Crippen molar-refractivity contribution in [1.82, 2.24) is 4.57 Å². The molecule has 1 unspecified atom stereocenters. The predicted octanol–water partition coefficient (Wildman–Crippen LogP) is 11.5. The number of benzene rings is 4. The molecular formula is C41H40Cl2N2O. The number of para-hydroxylation sites is 1. The standard InChI is InChI=1S/C41H40Cl2N2O/c1-27(25-40(4,5)6)38(44-39-35(42)21-14-22-36(39)43)37(26-45-28(2)23-24-29(45)3)46-41(30-15-8-7-9-16-30)33-19-12-10-17-31(33)32-18-11-13-20-34(32)41/h7-25,37H,26H2,1-6H3. The van der Waals surface area contributed by atoms with Crippen molar-refractivity contribution in [3.05, 3.63) is 159 Å². The van der Waals surface area contributed by atoms with Crippen molar-refractivity contribution in [3.63, 3.8) is 0 Å². The SMILES string of the molecule is CC(=CC(C)(C)C)C(=Nc1c(Cl)cccc1Cl)C(Cn1c(C)ccc1C)OC1(c2ccccc2)c2ccccc2-c2ccccc21. The molecule has 0 saturated heterocycles. The van der Waals surface area contributed by atoms with Crippen LogP contribution in [-0.4, -0.2) is 16.4 Å². The second-order valence-corrected chi connectivity index (χ2v) is 14.0. The van der Waals surface area contributed by atoms with E-state index in [1.54, 1.807) is 0 Å². The van der Waals surface area contributed by atoms with E-state index >= 15 is 0 Å². The summed E-state index contributed by atoms with van der Waals surface area (Å²) in [6, 6.07) is 37.6. The van der Waals surface area contributed by atoms with Gasteiger partial charge >= 0.3 is 0 Å². The van der Waals surface area contributed by atoms with Crippen molar-refractivity contribution in [3.8, 4) is 11.1 Å². The van der Waals surface area contributed by atoms with Gasteiger partial charge in [-0.25, -0.2) is 4.99 Å². The second-order valence-electron chi connectivity index (χ2n) is 13.2. The molecule has 1 atom stereocenters. The summed E-state index contributed by atoms with van der Waals surface area (Å²) in [5, 5.41) is 0.991. The molecule has 0 radical (unpaired) electrons. The Kier molecular flexibility index (Phi) is 8.87. The quantitative estimate of drug-likeness (QED) is 0.154. The molecule has 0 aliphatic heterocycles. The van der Waals surface area contributed by atoms with E-state index in [0.29, 0.717) is 22.3 Å². The van der Waals surface area contributed by atoms with Crippen LogP contribution in [0, 0.1) is 19.3 Å². The molecule has 1 aromatic heterocycles. The summed E-state index contributed by atoms with van der Waals surface area (Å²) in [4.78, 5) is 5.31. The number of hydrogen-bond acceptors (Lipinski definition) is 2. The third-order valence-corrected chi connectivity index (χ3v) is 9.31. The minimum absolute atomic E-state index is 0.108. The zero-order valence-corrected chi connectivity index (χ0v) is 28.8. The first-order chi connectivity index (χ1) is 22.0. The number of ether oxygens (including phenoxy) is 1. The van der Waals surface area contributed by atoms with Gasteiger partial charge in [0, 0.05) is 22.5 Å². The van der Waals surface area contributed by atoms with E-state index in [2.05, 4.69) is 143 Å². The highest BCUT2D eigenvalue weighted by Gasteiger charge is 2.48. The first-order valence-electron chi connectivity index (χ1n) is 15.8. The monoisotopic (exact) mass is 646 g/mol. The van der Waals surface area contributed by atoms with Gasteiger partial charge in [0.15, 0.2) is 0 Å². The zero-order chi connectivity index (χ0) is 32.6. The lowest BCUT2D eigenvalue weighted by Crippen LogP contribution is -2.41. The topological polar surface area (TPSA) is 26.5 Å². The van der Waals surface area contributed by atoms with Crippen LogP contribution in [0.4, 0.5) is 5.69 Å². The lowest BCUT2D eigenvalue weighted by Gasteiger charge is -2.38. The Hall–Kier alpha value is -3.89. The summed E-state index contributed by atoms with van der Waals surface area (Å²) in [6.07, 6.45) is 1.75. The van der Waals surface area contributed by atoms with E-state index in [1.165, 1.54) is 11.1 Å². The van der Waals surface area contributed by atoms with E-state index in [1.807, 2.05) is 18.2 Å². The van der Waals surface area contributed by atoms with E-state index in [4.69, 9.17) is 32.9 Å². The minimum atomic E-state index is -0.902. The molecule has 3 nitrogen and oxygen atoms in total. The number of aromatic nitrogens is 1. The average Bonchev–Trinajstić information content (AvgIpc) is 3.50. The van der Waals surface area contributed by atoms with Crippen molar-refractivity contribution in [2.75, 3.05) is 0 Å². The third-order valence-electron chi connectivity index (χ3n) is 8.70. The maximum atomic E-state index is 7.79. The fourth-order valence-electron chi connectivity index (χ4n) is 6.77. The molecule has 5 aromatic rings. The average molecular weight is 648 g/mol. The lowest BCUT2D eigenvalue weighted by molar-refractivity contribution is -0.0191. The number of nitrogens with zero attached hydrogens (tertiary/aromatic N) is 2. The van der Waals surface area contributed by atoms with Gasteiger partial charge in [0.2, 0.25) is 0 Å². The van der Waals surface area contributed by atoms with E-state index in [9.17, 15) is 0 Å². The highest BCUT2D eigenvalue weighted by Crippen LogP contribution is 2.54. The molecule has 1 heterocycles. The van der Waals surface area contributed by atoms with Crippen molar-refractivity contribution >= 4 is 34.6 Å². The fraction of sp³-hybridized carbons (Fsp3) is 0.244. The van der Waals surface area contributed by atoms with Gasteiger partial charge in [-0.1, -0.05) is 135 Å². The smallest absolute Gasteiger partial charge is 0.145 e. The van der Waals surface area contributed by atoms with Gasteiger partial charge in [-0.2, -0.15) is 0 Å². The van der Waals surface area contributed by atoms with Crippen LogP contribution < -0.4 is 0 Å². The molecule has 4 aromatic carbocycles. The molecule has 46 heavy (non-hydrogen) atoms. The van der Waals surface area contributed by atoms with Gasteiger partial charge in [-0.15, -0.1) is 0 Å². The maximum absolute atomic E-state index is 7.79. The number of rotatable bonds is 8. The third kappa shape index (κ3) is 6.00. The summed E-state index contributed by atoms with van der Waals surface area (Å²) >= 11 is 13.6. The van der Waals surface area contributed by atoms with Crippen LogP contribution in [0.2, 0.25) is 10.0 Å². The fourth-order valence-corrected chi connectivity index (χ4v) is 7.26. The Morgan fingerprint density at radius 1 is 0.761 bits per heavy atom. The number of allylic oxidation sites excluding steroid dienone is 1. The number of aryl methyl sites for hydroxylation is 2. The van der Waals surface area contributed by atoms with Gasteiger partial charge in [0.1, 0.15) is 17.4 Å². The Bertz CT molecular complexity index is 1860. The van der Waals surface area contributed by atoms with E-state index in [0.717, 1.165) is 39.4 Å². The van der Waals surface area contributed by atoms with Gasteiger partial charge < -0.3 is 9.30 Å². The van der Waals surface area contributed by atoms with Crippen molar-refractivity contribution in [1.29, 1.82) is 0 Å². The molecule has 0 N–H and O–H groups in total. The van der Waals surface area contributed by atoms with Crippen LogP contribution in [-0.2, 0) is 16.9 Å². The van der Waals surface area contributed by atoms with Crippen LogP contribution >= 0.6 is 23.2 Å². The number of halogens is 2. The molecule has 6 rings (SSSR count). The Labute approximate surface area is 283 Å². The molecule has 1 aliphatic carbocycles. The van der Waals surface area contributed by atoms with Gasteiger partial charge in [0.05, 0.1) is 22.3 Å². The van der Waals surface area contributed by atoms with Crippen LogP contribution in [0.5, 0.6) is 0 Å². The Morgan fingerprint density at radius 3 is 1.83 bits per heavy atom. The normalized spacial score (nSPS) is 15.0. The molecule has 0 saturated carbocycles. The van der Waals surface area contributed by atoms with Crippen LogP contribution in [0.1, 0.15) is 55.8 Å². The minimum Gasteiger partial charge on any atom is -0.349 e. The maximum Gasteiger partial charge on any atom is 0.145 e. The van der Waals surface area contributed by atoms with Crippen molar-refractivity contribution in [2.24, 2.45) is 10.4 Å². The first kappa shape index (κ1) is 32.1. The Balaban J connectivity index is 1.66. The van der Waals surface area contributed by atoms with Crippen molar-refractivity contribution in [2.45, 2.75) is 59.8 Å². The predicted molar refractivity (Wildman–Crippen MR) is 194 cm³/mol. The highest BCUT2D eigenvalue weighted by molar-refractivity contribution is 6.39. The molecular weight excluding hydrogens is 607 g/mol.